The van der Waals surface area contributed by atoms with Crippen molar-refractivity contribution >= 4 is 0 Å². The van der Waals surface area contributed by atoms with Gasteiger partial charge in [-0.15, -0.1) is 0 Å². The quantitative estimate of drug-likeness (QED) is 0.844. The SMILES string of the molecule is Cc1ccc(O)c(C(CCN(C)C(C)(C)C)c2ccccc2)c1. The first kappa shape index (κ1) is 17.6. The van der Waals surface area contributed by atoms with Gasteiger partial charge in [-0.2, -0.15) is 0 Å². The van der Waals surface area contributed by atoms with E-state index >= 15 is 0 Å². The van der Waals surface area contributed by atoms with Crippen LogP contribution >= 0.6 is 0 Å². The monoisotopic (exact) mass is 311 g/mol. The second-order valence-electron chi connectivity index (χ2n) is 7.41. The summed E-state index contributed by atoms with van der Waals surface area (Å²) in [6, 6.07) is 16.4. The van der Waals surface area contributed by atoms with E-state index in [4.69, 9.17) is 0 Å². The summed E-state index contributed by atoms with van der Waals surface area (Å²) >= 11 is 0. The lowest BCUT2D eigenvalue weighted by atomic mass is 9.86. The molecule has 2 rings (SSSR count). The van der Waals surface area contributed by atoms with Crippen LogP contribution in [0.5, 0.6) is 5.75 Å². The lowest BCUT2D eigenvalue weighted by molar-refractivity contribution is 0.171. The van der Waals surface area contributed by atoms with Gasteiger partial charge in [0.2, 0.25) is 0 Å². The highest BCUT2D eigenvalue weighted by Crippen LogP contribution is 2.35. The predicted octanol–water partition coefficient (Wildman–Crippen LogP) is 4.95. The Balaban J connectivity index is 2.32. The Morgan fingerprint density at radius 2 is 1.70 bits per heavy atom. The molecule has 0 radical (unpaired) electrons. The summed E-state index contributed by atoms with van der Waals surface area (Å²) in [7, 11) is 2.16. The highest BCUT2D eigenvalue weighted by molar-refractivity contribution is 5.43. The fourth-order valence-corrected chi connectivity index (χ4v) is 2.80. The van der Waals surface area contributed by atoms with Crippen molar-refractivity contribution in [1.82, 2.24) is 4.90 Å². The van der Waals surface area contributed by atoms with Gasteiger partial charge in [0, 0.05) is 17.0 Å². The minimum absolute atomic E-state index is 0.149. The van der Waals surface area contributed by atoms with Crippen molar-refractivity contribution < 1.29 is 5.11 Å². The van der Waals surface area contributed by atoms with E-state index in [2.05, 4.69) is 70.0 Å². The Morgan fingerprint density at radius 3 is 2.30 bits per heavy atom. The maximum atomic E-state index is 10.4. The van der Waals surface area contributed by atoms with Crippen LogP contribution in [-0.4, -0.2) is 29.1 Å². The highest BCUT2D eigenvalue weighted by atomic mass is 16.3. The van der Waals surface area contributed by atoms with Crippen LogP contribution in [0, 0.1) is 6.92 Å². The molecule has 0 saturated heterocycles. The van der Waals surface area contributed by atoms with E-state index in [1.54, 1.807) is 0 Å². The third kappa shape index (κ3) is 4.59. The van der Waals surface area contributed by atoms with Gasteiger partial charge in [-0.3, -0.25) is 0 Å². The van der Waals surface area contributed by atoms with E-state index in [9.17, 15) is 5.11 Å². The Bertz CT molecular complexity index is 628. The molecule has 0 saturated carbocycles. The predicted molar refractivity (Wildman–Crippen MR) is 98.1 cm³/mol. The second-order valence-corrected chi connectivity index (χ2v) is 7.41. The summed E-state index contributed by atoms with van der Waals surface area (Å²) in [5.41, 5.74) is 3.62. The van der Waals surface area contributed by atoms with Crippen LogP contribution in [0.1, 0.15) is 49.8 Å². The smallest absolute Gasteiger partial charge is 0.119 e. The fourth-order valence-electron chi connectivity index (χ4n) is 2.80. The highest BCUT2D eigenvalue weighted by Gasteiger charge is 2.22. The average Bonchev–Trinajstić information content (AvgIpc) is 2.50. The molecule has 0 bridgehead atoms. The molecule has 0 aliphatic carbocycles. The van der Waals surface area contributed by atoms with E-state index in [0.29, 0.717) is 5.75 Å². The molecule has 0 aromatic heterocycles. The molecule has 0 heterocycles. The molecule has 2 nitrogen and oxygen atoms in total. The van der Waals surface area contributed by atoms with Crippen molar-refractivity contribution in [3.63, 3.8) is 0 Å². The van der Waals surface area contributed by atoms with Crippen LogP contribution in [0.2, 0.25) is 0 Å². The van der Waals surface area contributed by atoms with Gasteiger partial charge in [0.1, 0.15) is 5.75 Å². The molecule has 1 N–H and O–H groups in total. The van der Waals surface area contributed by atoms with Crippen molar-refractivity contribution in [1.29, 1.82) is 0 Å². The number of aryl methyl sites for hydroxylation is 1. The van der Waals surface area contributed by atoms with Gasteiger partial charge in [0.05, 0.1) is 0 Å². The van der Waals surface area contributed by atoms with Crippen LogP contribution in [0.25, 0.3) is 0 Å². The molecule has 1 atom stereocenters. The summed E-state index contributed by atoms with van der Waals surface area (Å²) in [4.78, 5) is 2.37. The van der Waals surface area contributed by atoms with Crippen molar-refractivity contribution in [3.8, 4) is 5.75 Å². The van der Waals surface area contributed by atoms with Gasteiger partial charge >= 0.3 is 0 Å². The third-order valence-electron chi connectivity index (χ3n) is 4.66. The van der Waals surface area contributed by atoms with Crippen molar-refractivity contribution in [3.05, 3.63) is 65.2 Å². The number of aromatic hydroxyl groups is 1. The molecule has 0 amide bonds. The average molecular weight is 311 g/mol. The van der Waals surface area contributed by atoms with Crippen LogP contribution in [0.3, 0.4) is 0 Å². The summed E-state index contributed by atoms with van der Waals surface area (Å²) in [5.74, 6) is 0.601. The molecule has 2 aromatic carbocycles. The zero-order valence-electron chi connectivity index (χ0n) is 15.0. The Kier molecular flexibility index (Phi) is 5.48. The fraction of sp³-hybridized carbons (Fsp3) is 0.429. The Labute approximate surface area is 140 Å². The molecular formula is C21H29NO. The van der Waals surface area contributed by atoms with E-state index in [1.165, 1.54) is 11.1 Å². The molecule has 0 spiro atoms. The number of hydrogen-bond donors (Lipinski definition) is 1. The maximum absolute atomic E-state index is 10.4. The normalized spacial score (nSPS) is 13.3. The van der Waals surface area contributed by atoms with Gasteiger partial charge < -0.3 is 10.0 Å². The summed E-state index contributed by atoms with van der Waals surface area (Å²) in [5, 5.41) is 10.4. The number of phenols is 1. The first-order valence-electron chi connectivity index (χ1n) is 8.34. The largest absolute Gasteiger partial charge is 0.508 e. The standard InChI is InChI=1S/C21H29NO/c1-16-11-12-20(23)19(15-16)18(17-9-7-6-8-10-17)13-14-22(5)21(2,3)4/h6-12,15,18,23H,13-14H2,1-5H3. The molecule has 124 valence electrons. The van der Waals surface area contributed by atoms with Crippen LogP contribution in [0.4, 0.5) is 0 Å². The number of benzene rings is 2. The first-order chi connectivity index (χ1) is 10.8. The van der Waals surface area contributed by atoms with Crippen LogP contribution < -0.4 is 0 Å². The lowest BCUT2D eigenvalue weighted by Gasteiger charge is -2.33. The Hall–Kier alpha value is -1.80. The van der Waals surface area contributed by atoms with Crippen LogP contribution in [0.15, 0.2) is 48.5 Å². The minimum atomic E-state index is 0.149. The van der Waals surface area contributed by atoms with Gasteiger partial charge in [-0.25, -0.2) is 0 Å². The summed E-state index contributed by atoms with van der Waals surface area (Å²) < 4.78 is 0. The van der Waals surface area contributed by atoms with Gasteiger partial charge in [0.25, 0.3) is 0 Å². The maximum Gasteiger partial charge on any atom is 0.119 e. The number of hydrogen-bond acceptors (Lipinski definition) is 2. The molecule has 0 fully saturated rings. The van der Waals surface area contributed by atoms with Crippen molar-refractivity contribution in [2.24, 2.45) is 0 Å². The molecule has 2 aromatic rings. The number of rotatable bonds is 5. The molecule has 23 heavy (non-hydrogen) atoms. The molecule has 2 heteroatoms. The second kappa shape index (κ2) is 7.18. The zero-order valence-corrected chi connectivity index (χ0v) is 15.0. The first-order valence-corrected chi connectivity index (χ1v) is 8.34. The molecular weight excluding hydrogens is 282 g/mol. The Morgan fingerprint density at radius 1 is 1.04 bits per heavy atom. The summed E-state index contributed by atoms with van der Waals surface area (Å²) in [6.45, 7) is 9.75. The molecule has 0 aliphatic rings. The summed E-state index contributed by atoms with van der Waals surface area (Å²) in [6.07, 6.45) is 0.981. The molecule has 0 aliphatic heterocycles. The minimum Gasteiger partial charge on any atom is -0.508 e. The van der Waals surface area contributed by atoms with E-state index in [-0.39, 0.29) is 11.5 Å². The van der Waals surface area contributed by atoms with Crippen molar-refractivity contribution in [2.45, 2.75) is 45.6 Å². The number of phenolic OH excluding ortho intramolecular Hbond substituents is 1. The van der Waals surface area contributed by atoms with Crippen molar-refractivity contribution in [2.75, 3.05) is 13.6 Å². The molecule has 1 unspecified atom stereocenters. The van der Waals surface area contributed by atoms with E-state index in [0.717, 1.165) is 18.5 Å². The zero-order chi connectivity index (χ0) is 17.0. The lowest BCUT2D eigenvalue weighted by Crippen LogP contribution is -2.39. The van der Waals surface area contributed by atoms with E-state index < -0.39 is 0 Å². The van der Waals surface area contributed by atoms with Gasteiger partial charge in [-0.1, -0.05) is 48.0 Å². The van der Waals surface area contributed by atoms with Gasteiger partial charge in [-0.05, 0) is 59.3 Å². The third-order valence-corrected chi connectivity index (χ3v) is 4.66. The van der Waals surface area contributed by atoms with Crippen LogP contribution in [-0.2, 0) is 0 Å². The number of nitrogens with zero attached hydrogens (tertiary/aromatic N) is 1. The van der Waals surface area contributed by atoms with E-state index in [1.807, 2.05) is 18.2 Å². The van der Waals surface area contributed by atoms with Gasteiger partial charge in [0.15, 0.2) is 0 Å². The topological polar surface area (TPSA) is 23.5 Å².